The average molecular weight is 436 g/mol. The Morgan fingerprint density at radius 2 is 1.94 bits per heavy atom. The Bertz CT molecular complexity index is 677. The third-order valence-electron chi connectivity index (χ3n) is 6.67. The van der Waals surface area contributed by atoms with Crippen LogP contribution in [0.5, 0.6) is 0 Å². The van der Waals surface area contributed by atoms with E-state index >= 15 is 0 Å². The lowest BCUT2D eigenvalue weighted by molar-refractivity contribution is 0.00270. The maximum atomic E-state index is 5.79. The van der Waals surface area contributed by atoms with E-state index in [0.717, 1.165) is 76.4 Å². The van der Waals surface area contributed by atoms with Crippen LogP contribution in [-0.4, -0.2) is 83.8 Å². The van der Waals surface area contributed by atoms with Crippen LogP contribution in [0.25, 0.3) is 0 Å². The third-order valence-corrected chi connectivity index (χ3v) is 6.67. The minimum atomic E-state index is 0.262. The molecule has 2 N–H and O–H groups in total. The predicted molar refractivity (Wildman–Crippen MR) is 122 cm³/mol. The lowest BCUT2D eigenvalue weighted by atomic mass is 9.92. The number of aliphatic imine (C=N–C) groups is 1. The molecule has 0 radical (unpaired) electrons. The smallest absolute Gasteiger partial charge is 0.191 e. The van der Waals surface area contributed by atoms with Crippen molar-refractivity contribution in [1.82, 2.24) is 30.3 Å². The van der Waals surface area contributed by atoms with Crippen molar-refractivity contribution in [3.8, 4) is 0 Å². The van der Waals surface area contributed by atoms with Gasteiger partial charge in [0.05, 0.1) is 19.3 Å². The summed E-state index contributed by atoms with van der Waals surface area (Å²) in [5.41, 5.74) is 0. The van der Waals surface area contributed by atoms with Crippen LogP contribution in [0.3, 0.4) is 0 Å². The topological polar surface area (TPSA) is 88.8 Å². The molecule has 0 spiro atoms. The summed E-state index contributed by atoms with van der Waals surface area (Å²) in [6, 6.07) is 0.464. The van der Waals surface area contributed by atoms with Crippen LogP contribution in [0.15, 0.2) is 4.99 Å². The Hall–Kier alpha value is -1.71. The first kappa shape index (κ1) is 23.9. The fourth-order valence-electron chi connectivity index (χ4n) is 4.47. The second-order valence-electron chi connectivity index (χ2n) is 8.58. The number of ether oxygens (including phenoxy) is 2. The molecular weight excluding hydrogens is 394 g/mol. The van der Waals surface area contributed by atoms with Crippen LogP contribution in [0.1, 0.15) is 51.2 Å². The summed E-state index contributed by atoms with van der Waals surface area (Å²) in [5, 5.41) is 15.5. The molecule has 0 aliphatic carbocycles. The highest BCUT2D eigenvalue weighted by atomic mass is 16.5. The molecule has 0 bridgehead atoms. The molecule has 0 aromatic carbocycles. The Morgan fingerprint density at radius 3 is 2.55 bits per heavy atom. The molecule has 3 rings (SSSR count). The molecule has 31 heavy (non-hydrogen) atoms. The van der Waals surface area contributed by atoms with Gasteiger partial charge >= 0.3 is 0 Å². The zero-order valence-electron chi connectivity index (χ0n) is 19.8. The molecule has 0 amide bonds. The van der Waals surface area contributed by atoms with E-state index in [1.165, 1.54) is 12.8 Å². The number of nitrogens with one attached hydrogen (secondary N) is 2. The van der Waals surface area contributed by atoms with Gasteiger partial charge in [0, 0.05) is 45.9 Å². The Kier molecular flexibility index (Phi) is 9.54. The number of hydrogen-bond acceptors (Lipinski definition) is 6. The van der Waals surface area contributed by atoms with Gasteiger partial charge < -0.3 is 24.7 Å². The van der Waals surface area contributed by atoms with Crippen LogP contribution in [0.2, 0.25) is 0 Å². The Balaban J connectivity index is 1.66. The fraction of sp³-hybridized carbons (Fsp3) is 0.864. The summed E-state index contributed by atoms with van der Waals surface area (Å²) < 4.78 is 13.4. The normalized spacial score (nSPS) is 21.6. The summed E-state index contributed by atoms with van der Waals surface area (Å²) in [6.07, 6.45) is 4.85. The van der Waals surface area contributed by atoms with E-state index in [-0.39, 0.29) is 6.10 Å². The molecule has 2 aliphatic rings. The average Bonchev–Trinajstić information content (AvgIpc) is 3.43. The highest BCUT2D eigenvalue weighted by molar-refractivity contribution is 5.79. The van der Waals surface area contributed by atoms with Gasteiger partial charge in [-0.2, -0.15) is 0 Å². The van der Waals surface area contributed by atoms with Crippen LogP contribution in [-0.2, 0) is 23.1 Å². The second kappa shape index (κ2) is 12.4. The van der Waals surface area contributed by atoms with Gasteiger partial charge in [0.1, 0.15) is 12.4 Å². The first-order chi connectivity index (χ1) is 15.1. The van der Waals surface area contributed by atoms with Gasteiger partial charge in [0.2, 0.25) is 0 Å². The van der Waals surface area contributed by atoms with Crippen molar-refractivity contribution in [2.45, 2.75) is 65.1 Å². The van der Waals surface area contributed by atoms with Crippen molar-refractivity contribution in [1.29, 1.82) is 0 Å². The molecule has 1 aromatic rings. The standard InChI is InChI=1S/C22H41N7O2/c1-5-18(6-2)20(29-9-12-30-13-10-29)15-24-22(23-14-19-8-7-11-31-19)25-16-21-27-26-17(3)28(21)4/h18-20H,5-16H2,1-4H3,(H2,23,24,25). The second-order valence-corrected chi connectivity index (χ2v) is 8.58. The van der Waals surface area contributed by atoms with Crippen molar-refractivity contribution in [3.63, 3.8) is 0 Å². The minimum absolute atomic E-state index is 0.262. The molecule has 9 heteroatoms. The number of rotatable bonds is 10. The van der Waals surface area contributed by atoms with Gasteiger partial charge in [0.15, 0.2) is 11.8 Å². The highest BCUT2D eigenvalue weighted by Crippen LogP contribution is 2.19. The van der Waals surface area contributed by atoms with Crippen LogP contribution >= 0.6 is 0 Å². The first-order valence-electron chi connectivity index (χ1n) is 11.9. The number of aryl methyl sites for hydroxylation is 1. The molecule has 2 atom stereocenters. The summed E-state index contributed by atoms with van der Waals surface area (Å²) in [7, 11) is 1.98. The summed E-state index contributed by atoms with van der Waals surface area (Å²) in [4.78, 5) is 7.41. The van der Waals surface area contributed by atoms with Gasteiger partial charge in [-0.3, -0.25) is 4.90 Å². The predicted octanol–water partition coefficient (Wildman–Crippen LogP) is 1.47. The molecule has 0 saturated carbocycles. The minimum Gasteiger partial charge on any atom is -0.379 e. The van der Waals surface area contributed by atoms with Gasteiger partial charge in [-0.25, -0.2) is 4.99 Å². The van der Waals surface area contributed by atoms with E-state index in [1.54, 1.807) is 0 Å². The quantitative estimate of drug-likeness (QED) is 0.425. The zero-order valence-corrected chi connectivity index (χ0v) is 19.8. The van der Waals surface area contributed by atoms with E-state index < -0.39 is 0 Å². The number of guanidine groups is 1. The molecular formula is C22H41N7O2. The molecule has 9 nitrogen and oxygen atoms in total. The lowest BCUT2D eigenvalue weighted by Crippen LogP contribution is -2.53. The molecule has 1 aromatic heterocycles. The largest absolute Gasteiger partial charge is 0.379 e. The lowest BCUT2D eigenvalue weighted by Gasteiger charge is -2.39. The maximum Gasteiger partial charge on any atom is 0.191 e. The van der Waals surface area contributed by atoms with Crippen LogP contribution in [0.4, 0.5) is 0 Å². The number of aromatic nitrogens is 3. The molecule has 2 unspecified atom stereocenters. The van der Waals surface area contributed by atoms with Gasteiger partial charge in [-0.05, 0) is 25.7 Å². The van der Waals surface area contributed by atoms with Gasteiger partial charge in [-0.15, -0.1) is 10.2 Å². The van der Waals surface area contributed by atoms with E-state index in [1.807, 2.05) is 18.5 Å². The molecule has 2 fully saturated rings. The fourth-order valence-corrected chi connectivity index (χ4v) is 4.47. The van der Waals surface area contributed by atoms with E-state index in [4.69, 9.17) is 14.5 Å². The summed E-state index contributed by atoms with van der Waals surface area (Å²) >= 11 is 0. The van der Waals surface area contributed by atoms with Crippen LogP contribution in [0, 0.1) is 12.8 Å². The van der Waals surface area contributed by atoms with Gasteiger partial charge in [0.25, 0.3) is 0 Å². The highest BCUT2D eigenvalue weighted by Gasteiger charge is 2.27. The summed E-state index contributed by atoms with van der Waals surface area (Å²) in [6.45, 7) is 13.2. The van der Waals surface area contributed by atoms with E-state index in [0.29, 0.717) is 18.5 Å². The van der Waals surface area contributed by atoms with E-state index in [2.05, 4.69) is 39.6 Å². The van der Waals surface area contributed by atoms with Crippen molar-refractivity contribution in [3.05, 3.63) is 11.6 Å². The SMILES string of the molecule is CCC(CC)C(CNC(=NCc1nnc(C)n1C)NCC1CCCO1)N1CCOCC1. The molecule has 3 heterocycles. The summed E-state index contributed by atoms with van der Waals surface area (Å²) in [5.74, 6) is 3.22. The third kappa shape index (κ3) is 6.89. The number of hydrogen-bond donors (Lipinski definition) is 2. The maximum absolute atomic E-state index is 5.79. The Labute approximate surface area is 187 Å². The Morgan fingerprint density at radius 1 is 1.16 bits per heavy atom. The van der Waals surface area contributed by atoms with Crippen molar-refractivity contribution in [2.24, 2.45) is 18.0 Å². The van der Waals surface area contributed by atoms with Crippen molar-refractivity contribution in [2.75, 3.05) is 46.0 Å². The molecule has 2 aliphatic heterocycles. The van der Waals surface area contributed by atoms with E-state index in [9.17, 15) is 0 Å². The van der Waals surface area contributed by atoms with Crippen molar-refractivity contribution >= 4 is 5.96 Å². The van der Waals surface area contributed by atoms with Gasteiger partial charge in [-0.1, -0.05) is 26.7 Å². The number of nitrogens with zero attached hydrogens (tertiary/aromatic N) is 5. The number of morpholine rings is 1. The monoisotopic (exact) mass is 435 g/mol. The van der Waals surface area contributed by atoms with Crippen molar-refractivity contribution < 1.29 is 9.47 Å². The molecule has 176 valence electrons. The molecule has 2 saturated heterocycles. The zero-order chi connectivity index (χ0) is 22.1. The van der Waals surface area contributed by atoms with Crippen LogP contribution < -0.4 is 10.6 Å². The first-order valence-corrected chi connectivity index (χ1v) is 11.9.